The van der Waals surface area contributed by atoms with Crippen LogP contribution in [0.25, 0.3) is 0 Å². The van der Waals surface area contributed by atoms with Gasteiger partial charge in [0.15, 0.2) is 16.8 Å². The van der Waals surface area contributed by atoms with E-state index in [1.165, 1.54) is 0 Å². The van der Waals surface area contributed by atoms with Crippen molar-refractivity contribution in [3.8, 4) is 0 Å². The summed E-state index contributed by atoms with van der Waals surface area (Å²) in [6, 6.07) is 0. The van der Waals surface area contributed by atoms with Crippen LogP contribution < -0.4 is 0 Å². The van der Waals surface area contributed by atoms with Gasteiger partial charge in [-0.3, -0.25) is 56.1 Å². The molecule has 33 nitrogen and oxygen atoms in total. The summed E-state index contributed by atoms with van der Waals surface area (Å²) in [5, 5.41) is 101. The van der Waals surface area contributed by atoms with Crippen molar-refractivity contribution in [3.63, 3.8) is 0 Å². The zero-order valence-electron chi connectivity index (χ0n) is 28.5. The van der Waals surface area contributed by atoms with Crippen LogP contribution in [0.5, 0.6) is 0 Å². The molecule has 0 saturated carbocycles. The minimum Gasteiger partial charge on any atom is -0.481 e. The third kappa shape index (κ3) is 71.0. The second kappa shape index (κ2) is 35.0. The van der Waals surface area contributed by atoms with Gasteiger partial charge in [0.25, 0.3) is 0 Å². The van der Waals surface area contributed by atoms with Crippen LogP contribution in [0.2, 0.25) is 0 Å². The Kier molecular flexibility index (Phi) is 47.9. The molecule has 0 heterocycles. The Labute approximate surface area is 372 Å². The Morgan fingerprint density at radius 2 is 0.362 bits per heavy atom. The number of carbonyl (C=O) groups is 9. The largest absolute Gasteiger partial charge is 0.481 e. The van der Waals surface area contributed by atoms with Crippen molar-refractivity contribution in [2.75, 3.05) is 0 Å². The average molecular weight is 1130 g/mol. The van der Waals surface area contributed by atoms with Gasteiger partial charge in [0.05, 0.1) is 38.5 Å². The third-order valence-corrected chi connectivity index (χ3v) is 3.86. The van der Waals surface area contributed by atoms with Crippen molar-refractivity contribution in [2.24, 2.45) is 0 Å². The Hall–Kier alpha value is -2.79. The smallest absolute Gasteiger partial charge is 0.394 e. The van der Waals surface area contributed by atoms with E-state index in [0.29, 0.717) is 0 Å². The predicted molar refractivity (Wildman–Crippen MR) is 154 cm³/mol. The molecule has 0 aliphatic carbocycles. The van der Waals surface area contributed by atoms with Crippen LogP contribution >= 0.6 is 0 Å². The van der Waals surface area contributed by atoms with E-state index in [9.17, 15) is 43.2 Å². The van der Waals surface area contributed by atoms with E-state index in [1.807, 2.05) is 0 Å². The summed E-state index contributed by atoms with van der Waals surface area (Å²) in [4.78, 5) is 91.5. The summed E-state index contributed by atoms with van der Waals surface area (Å²) < 4.78 is 94.8. The van der Waals surface area contributed by atoms with E-state index < -0.39 is 140 Å². The van der Waals surface area contributed by atoms with Crippen LogP contribution in [0.1, 0.15) is 38.5 Å². The van der Waals surface area contributed by atoms with Gasteiger partial charge in [0, 0.05) is 77.9 Å². The molecular formula is C18H30O33S3Zn4. The first-order valence-corrected chi connectivity index (χ1v) is 15.8. The van der Waals surface area contributed by atoms with E-state index >= 15 is 0 Å². The molecule has 0 atom stereocenters. The maximum atomic E-state index is 10.3. The number of carboxylic acid groups (broad SMARTS) is 9. The molecule has 0 unspecified atom stereocenters. The summed E-state index contributed by atoms with van der Waals surface area (Å²) in [5.41, 5.74) is -8.22. The Morgan fingerprint density at radius 1 is 0.293 bits per heavy atom. The van der Waals surface area contributed by atoms with Crippen molar-refractivity contribution >= 4 is 84.9 Å². The zero-order chi connectivity index (χ0) is 45.4. The Morgan fingerprint density at radius 3 is 0.397 bits per heavy atom. The average Bonchev–Trinajstić information content (AvgIpc) is 2.78. The minimum atomic E-state index is -4.67. The SMILES string of the molecule is O=C(O)CC(O)(CC(=O)O)C(=O)O.O=C(O)CC(O)(CC(=O)O)C(=O)O.O=C(O)CC(O)(CC(=O)O)C(=O)O.O=S(=O)(O)O.O=S(=O)(O)O.O=S(=O)(O)O.[Zn].[Zn].[Zn].[Zn]. The maximum Gasteiger partial charge on any atom is 0.394 e. The van der Waals surface area contributed by atoms with Crippen molar-refractivity contribution in [2.45, 2.75) is 55.3 Å². The molecule has 0 rings (SSSR count). The summed E-state index contributed by atoms with van der Waals surface area (Å²) in [7, 11) is -14.0. The zero-order valence-corrected chi connectivity index (χ0v) is 42.8. The molecule has 0 aliphatic rings. The van der Waals surface area contributed by atoms with Crippen molar-refractivity contribution in [1.82, 2.24) is 0 Å². The van der Waals surface area contributed by atoms with Gasteiger partial charge >= 0.3 is 84.9 Å². The van der Waals surface area contributed by atoms with Crippen molar-refractivity contribution in [1.29, 1.82) is 0 Å². The van der Waals surface area contributed by atoms with Gasteiger partial charge in [0.1, 0.15) is 0 Å². The molecule has 326 valence electrons. The summed E-state index contributed by atoms with van der Waals surface area (Å²) in [6.45, 7) is 0. The van der Waals surface area contributed by atoms with E-state index in [0.717, 1.165) is 0 Å². The molecule has 0 aromatic rings. The van der Waals surface area contributed by atoms with Gasteiger partial charge < -0.3 is 61.3 Å². The number of rotatable bonds is 15. The predicted octanol–water partition coefficient (Wildman–Crippen LogP) is -5.71. The quantitative estimate of drug-likeness (QED) is 0.0537. The summed E-state index contributed by atoms with van der Waals surface area (Å²) in [5.74, 6) is -15.1. The van der Waals surface area contributed by atoms with Gasteiger partial charge in [0.2, 0.25) is 0 Å². The Bertz CT molecular complexity index is 1410. The molecule has 0 amide bonds. The third-order valence-electron chi connectivity index (χ3n) is 3.86. The molecule has 0 radical (unpaired) electrons. The molecule has 0 saturated heterocycles. The molecule has 0 spiro atoms. The first-order chi connectivity index (χ1) is 23.3. The van der Waals surface area contributed by atoms with Crippen LogP contribution in [0, 0.1) is 0 Å². The number of aliphatic carboxylic acids is 9. The fourth-order valence-electron chi connectivity index (χ4n) is 2.14. The molecule has 0 bridgehead atoms. The first-order valence-electron chi connectivity index (χ1n) is 11.6. The van der Waals surface area contributed by atoms with E-state index in [2.05, 4.69) is 0 Å². The van der Waals surface area contributed by atoms with Gasteiger partial charge in [-0.15, -0.1) is 0 Å². The topological polar surface area (TPSA) is 620 Å². The maximum absolute atomic E-state index is 10.3. The van der Waals surface area contributed by atoms with Crippen LogP contribution in [0.4, 0.5) is 0 Å². The molecule has 0 aromatic heterocycles. The van der Waals surface area contributed by atoms with Crippen molar-refractivity contribution < 1.29 is 235 Å². The standard InChI is InChI=1S/3C6H8O7.3H2O4S.4Zn/c3*7-3(8)1-6(13,5(11)12)2-4(9)10;3*1-5(2,3)4;;;;/h3*13H,1-2H2,(H,7,8)(H,9,10)(H,11,12);3*(H2,1,2,3,4);;;;. The number of carboxylic acids is 9. The van der Waals surface area contributed by atoms with Gasteiger partial charge in [-0.05, 0) is 0 Å². The fourth-order valence-corrected chi connectivity index (χ4v) is 2.14. The monoisotopic (exact) mass is 1130 g/mol. The van der Waals surface area contributed by atoms with Crippen molar-refractivity contribution in [3.05, 3.63) is 0 Å². The van der Waals surface area contributed by atoms with Crippen LogP contribution in [-0.4, -0.2) is 184 Å². The van der Waals surface area contributed by atoms with E-state index in [-0.39, 0.29) is 77.9 Å². The molecule has 40 heteroatoms. The number of hydrogen-bond donors (Lipinski definition) is 18. The number of aliphatic hydroxyl groups is 3. The second-order valence-corrected chi connectivity index (χ2v) is 11.5. The summed E-state index contributed by atoms with van der Waals surface area (Å²) in [6.07, 6.45) is -6.87. The normalized spacial score (nSPS) is 10.3. The molecule has 58 heavy (non-hydrogen) atoms. The second-order valence-electron chi connectivity index (χ2n) is 8.78. The minimum absolute atomic E-state index is 0. The van der Waals surface area contributed by atoms with E-state index in [4.69, 9.17) is 114 Å². The number of hydrogen-bond acceptors (Lipinski definition) is 18. The molecule has 0 aliphatic heterocycles. The van der Waals surface area contributed by atoms with Gasteiger partial charge in [-0.2, -0.15) is 25.3 Å². The molecule has 18 N–H and O–H groups in total. The van der Waals surface area contributed by atoms with Gasteiger partial charge in [-0.25, -0.2) is 14.4 Å². The first kappa shape index (κ1) is 79.4. The molecule has 0 aromatic carbocycles. The Balaban J connectivity index is -0.0000000616. The molecular weight excluding hydrogens is 1100 g/mol. The fraction of sp³-hybridized carbons (Fsp3) is 0.500. The van der Waals surface area contributed by atoms with Crippen LogP contribution in [0.3, 0.4) is 0 Å². The summed E-state index contributed by atoms with van der Waals surface area (Å²) >= 11 is 0. The van der Waals surface area contributed by atoms with Gasteiger partial charge in [-0.1, -0.05) is 0 Å². The van der Waals surface area contributed by atoms with E-state index in [1.54, 1.807) is 0 Å². The van der Waals surface area contributed by atoms with Crippen LogP contribution in [0.15, 0.2) is 0 Å². The van der Waals surface area contributed by atoms with Crippen LogP contribution in [-0.2, 0) is 152 Å². The molecule has 0 fully saturated rings.